The summed E-state index contributed by atoms with van der Waals surface area (Å²) in [5.74, 6) is 0.514. The first kappa shape index (κ1) is 17.9. The Bertz CT molecular complexity index is 634. The number of benzene rings is 2. The van der Waals surface area contributed by atoms with Gasteiger partial charge in [0.05, 0.1) is 11.0 Å². The smallest absolute Gasteiger partial charge is 0.273 e. The third-order valence-corrected chi connectivity index (χ3v) is 3.71. The number of hydrogen-bond acceptors (Lipinski definition) is 5. The number of nitrogens with two attached hydrogens (primary N) is 1. The van der Waals surface area contributed by atoms with Crippen LogP contribution in [0.25, 0.3) is 0 Å². The van der Waals surface area contributed by atoms with Gasteiger partial charge < -0.3 is 10.5 Å². The van der Waals surface area contributed by atoms with Crippen molar-refractivity contribution in [2.45, 2.75) is 6.42 Å². The van der Waals surface area contributed by atoms with Gasteiger partial charge in [0.25, 0.3) is 5.69 Å². The highest BCUT2D eigenvalue weighted by Crippen LogP contribution is 2.18. The van der Waals surface area contributed by atoms with E-state index in [4.69, 9.17) is 10.5 Å². The summed E-state index contributed by atoms with van der Waals surface area (Å²) in [4.78, 5) is 12.6. The van der Waals surface area contributed by atoms with Crippen LogP contribution in [0, 0.1) is 10.1 Å². The zero-order valence-corrected chi connectivity index (χ0v) is 13.6. The van der Waals surface area contributed by atoms with Gasteiger partial charge in [0, 0.05) is 32.2 Å². The van der Waals surface area contributed by atoms with Crippen molar-refractivity contribution in [3.8, 4) is 5.75 Å². The summed E-state index contributed by atoms with van der Waals surface area (Å²) in [6.45, 7) is 3.49. The molecule has 0 radical (unpaired) electrons. The number of nitro groups is 1. The maximum absolute atomic E-state index is 10.8. The second-order valence-corrected chi connectivity index (χ2v) is 5.47. The van der Waals surface area contributed by atoms with E-state index in [2.05, 4.69) is 17.0 Å². The molecule has 6 heteroatoms. The quantitative estimate of drug-likeness (QED) is 0.535. The molecule has 0 atom stereocenters. The van der Waals surface area contributed by atoms with E-state index < -0.39 is 4.92 Å². The van der Waals surface area contributed by atoms with Crippen LogP contribution in [0.4, 0.5) is 5.69 Å². The zero-order chi connectivity index (χ0) is 17.2. The van der Waals surface area contributed by atoms with Gasteiger partial charge in [0.2, 0.25) is 0 Å². The van der Waals surface area contributed by atoms with Crippen molar-refractivity contribution in [3.63, 3.8) is 0 Å². The predicted octanol–water partition coefficient (Wildman–Crippen LogP) is 2.48. The Hall–Kier alpha value is -2.44. The lowest BCUT2D eigenvalue weighted by Crippen LogP contribution is -2.34. The van der Waals surface area contributed by atoms with Crippen molar-refractivity contribution < 1.29 is 9.66 Å². The van der Waals surface area contributed by atoms with E-state index in [1.165, 1.54) is 17.7 Å². The molecule has 6 nitrogen and oxygen atoms in total. The fourth-order valence-corrected chi connectivity index (χ4v) is 2.43. The van der Waals surface area contributed by atoms with E-state index in [9.17, 15) is 10.1 Å². The Balaban J connectivity index is 1.80. The number of hydrogen-bond donors (Lipinski definition) is 1. The van der Waals surface area contributed by atoms with Crippen LogP contribution in [-0.4, -0.2) is 42.6 Å². The van der Waals surface area contributed by atoms with Crippen molar-refractivity contribution in [1.29, 1.82) is 0 Å². The summed E-state index contributed by atoms with van der Waals surface area (Å²) >= 11 is 0. The third-order valence-electron chi connectivity index (χ3n) is 3.71. The van der Waals surface area contributed by atoms with Crippen LogP contribution in [0.3, 0.4) is 0 Å². The van der Waals surface area contributed by atoms with Crippen LogP contribution >= 0.6 is 0 Å². The molecule has 128 valence electrons. The largest absolute Gasteiger partial charge is 0.492 e. The minimum Gasteiger partial charge on any atom is -0.492 e. The first-order valence-corrected chi connectivity index (χ1v) is 8.02. The molecule has 24 heavy (non-hydrogen) atoms. The fraction of sp³-hybridized carbons (Fsp3) is 0.333. The van der Waals surface area contributed by atoms with Crippen LogP contribution in [-0.2, 0) is 6.42 Å². The second-order valence-electron chi connectivity index (χ2n) is 5.47. The molecule has 2 aromatic rings. The topological polar surface area (TPSA) is 81.6 Å². The number of nitrogens with zero attached hydrogens (tertiary/aromatic N) is 2. The minimum atomic E-state index is -0.423. The lowest BCUT2D eigenvalue weighted by atomic mass is 10.1. The molecule has 0 bridgehead atoms. The van der Waals surface area contributed by atoms with Gasteiger partial charge in [0.15, 0.2) is 0 Å². The monoisotopic (exact) mass is 329 g/mol. The van der Waals surface area contributed by atoms with Crippen LogP contribution in [0.1, 0.15) is 5.56 Å². The van der Waals surface area contributed by atoms with Crippen molar-refractivity contribution in [2.75, 3.05) is 32.8 Å². The molecule has 0 saturated heterocycles. The highest BCUT2D eigenvalue weighted by molar-refractivity contribution is 5.37. The Kier molecular flexibility index (Phi) is 7.20. The van der Waals surface area contributed by atoms with E-state index in [0.29, 0.717) is 18.9 Å². The van der Waals surface area contributed by atoms with Crippen molar-refractivity contribution in [1.82, 2.24) is 4.90 Å². The maximum Gasteiger partial charge on any atom is 0.273 e. The molecule has 0 unspecified atom stereocenters. The average molecular weight is 329 g/mol. The van der Waals surface area contributed by atoms with Gasteiger partial charge >= 0.3 is 0 Å². The number of nitro benzene ring substituents is 1. The fourth-order valence-electron chi connectivity index (χ4n) is 2.43. The molecule has 0 heterocycles. The van der Waals surface area contributed by atoms with E-state index >= 15 is 0 Å². The Labute approximate surface area is 142 Å². The van der Waals surface area contributed by atoms with Crippen LogP contribution in [0.5, 0.6) is 5.75 Å². The zero-order valence-electron chi connectivity index (χ0n) is 13.6. The van der Waals surface area contributed by atoms with E-state index in [1.54, 1.807) is 12.1 Å². The highest BCUT2D eigenvalue weighted by atomic mass is 16.6. The highest BCUT2D eigenvalue weighted by Gasteiger charge is 2.08. The van der Waals surface area contributed by atoms with Crippen molar-refractivity contribution in [3.05, 3.63) is 70.3 Å². The molecule has 0 spiro atoms. The first-order valence-electron chi connectivity index (χ1n) is 8.02. The summed E-state index contributed by atoms with van der Waals surface area (Å²) in [7, 11) is 0. The summed E-state index contributed by atoms with van der Waals surface area (Å²) < 4.78 is 5.64. The lowest BCUT2D eigenvalue weighted by molar-refractivity contribution is -0.384. The standard InChI is InChI=1S/C18H23N3O3/c19-10-12-20(11-9-16-5-2-1-3-6-16)13-14-24-18-8-4-7-17(15-18)21(22)23/h1-8,15H,9-14,19H2. The molecule has 0 aromatic heterocycles. The summed E-state index contributed by atoms with van der Waals surface area (Å²) in [6.07, 6.45) is 0.956. The Morgan fingerprint density at radius 1 is 1.04 bits per heavy atom. The molecule has 0 aliphatic heterocycles. The van der Waals surface area contributed by atoms with Gasteiger partial charge in [-0.1, -0.05) is 36.4 Å². The van der Waals surface area contributed by atoms with Crippen LogP contribution in [0.15, 0.2) is 54.6 Å². The summed E-state index contributed by atoms with van der Waals surface area (Å²) in [5.41, 5.74) is 7.01. The van der Waals surface area contributed by atoms with Gasteiger partial charge in [-0.2, -0.15) is 0 Å². The molecule has 0 saturated carbocycles. The first-order chi connectivity index (χ1) is 11.7. The number of ether oxygens (including phenoxy) is 1. The van der Waals surface area contributed by atoms with Gasteiger partial charge in [-0.3, -0.25) is 15.0 Å². The summed E-state index contributed by atoms with van der Waals surface area (Å²) in [5, 5.41) is 10.8. The molecule has 0 amide bonds. The molecule has 2 N–H and O–H groups in total. The Morgan fingerprint density at radius 3 is 2.54 bits per heavy atom. The van der Waals surface area contributed by atoms with Crippen molar-refractivity contribution in [2.24, 2.45) is 5.73 Å². The summed E-state index contributed by atoms with van der Waals surface area (Å²) in [6, 6.07) is 16.5. The van der Waals surface area contributed by atoms with Gasteiger partial charge in [-0.05, 0) is 18.1 Å². The molecule has 0 aliphatic rings. The molecule has 2 rings (SSSR count). The SMILES string of the molecule is NCCN(CCOc1cccc([N+](=O)[O-])c1)CCc1ccccc1. The number of non-ortho nitro benzene ring substituents is 1. The lowest BCUT2D eigenvalue weighted by Gasteiger charge is -2.21. The van der Waals surface area contributed by atoms with Crippen molar-refractivity contribution >= 4 is 5.69 Å². The number of rotatable bonds is 10. The van der Waals surface area contributed by atoms with Gasteiger partial charge in [0.1, 0.15) is 12.4 Å². The van der Waals surface area contributed by atoms with E-state index in [0.717, 1.165) is 26.1 Å². The van der Waals surface area contributed by atoms with Gasteiger partial charge in [-0.15, -0.1) is 0 Å². The Morgan fingerprint density at radius 2 is 1.83 bits per heavy atom. The van der Waals surface area contributed by atoms with Crippen LogP contribution < -0.4 is 10.5 Å². The maximum atomic E-state index is 10.8. The second kappa shape index (κ2) is 9.64. The molecule has 2 aromatic carbocycles. The minimum absolute atomic E-state index is 0.0374. The average Bonchev–Trinajstić information content (AvgIpc) is 2.61. The van der Waals surface area contributed by atoms with Gasteiger partial charge in [-0.25, -0.2) is 0 Å². The molecule has 0 aliphatic carbocycles. The molecular weight excluding hydrogens is 306 g/mol. The molecular formula is C18H23N3O3. The van der Waals surface area contributed by atoms with E-state index in [-0.39, 0.29) is 5.69 Å². The van der Waals surface area contributed by atoms with E-state index in [1.807, 2.05) is 18.2 Å². The predicted molar refractivity (Wildman–Crippen MR) is 94.2 cm³/mol. The molecule has 0 fully saturated rings. The normalized spacial score (nSPS) is 10.8. The third kappa shape index (κ3) is 5.98. The van der Waals surface area contributed by atoms with Crippen LogP contribution in [0.2, 0.25) is 0 Å².